The molecule has 1 amide bonds. The van der Waals surface area contributed by atoms with E-state index in [0.717, 1.165) is 52.2 Å². The van der Waals surface area contributed by atoms with Crippen LogP contribution in [0.5, 0.6) is 0 Å². The van der Waals surface area contributed by atoms with E-state index in [9.17, 15) is 4.79 Å². The minimum absolute atomic E-state index is 0. The van der Waals surface area contributed by atoms with E-state index in [1.165, 1.54) is 4.88 Å². The number of halogens is 2. The van der Waals surface area contributed by atoms with E-state index in [2.05, 4.69) is 39.6 Å². The van der Waals surface area contributed by atoms with Gasteiger partial charge in [-0.25, -0.2) is 0 Å². The number of rotatable bonds is 3. The van der Waals surface area contributed by atoms with Crippen molar-refractivity contribution in [3.05, 3.63) is 22.4 Å². The fraction of sp³-hybridized carbons (Fsp3) is 0.667. The SMILES string of the molecule is CC1(C(=O)N2CCN(Cc3cccs3)CC2)CCNC1.Cl.Cl. The molecular formula is C15H25Cl2N3OS. The highest BCUT2D eigenvalue weighted by molar-refractivity contribution is 7.09. The normalized spacial score (nSPS) is 25.4. The fourth-order valence-electron chi connectivity index (χ4n) is 3.11. The molecule has 1 aromatic heterocycles. The Kier molecular flexibility index (Phi) is 7.62. The fourth-order valence-corrected chi connectivity index (χ4v) is 3.86. The van der Waals surface area contributed by atoms with Gasteiger partial charge in [0.2, 0.25) is 5.91 Å². The first-order valence-corrected chi connectivity index (χ1v) is 8.30. The number of nitrogens with one attached hydrogen (secondary N) is 1. The molecule has 1 N–H and O–H groups in total. The second-order valence-corrected chi connectivity index (χ2v) is 7.17. The number of carbonyl (C=O) groups is 1. The number of piperazine rings is 1. The maximum absolute atomic E-state index is 12.6. The summed E-state index contributed by atoms with van der Waals surface area (Å²) in [5.74, 6) is 0.346. The molecule has 0 aliphatic carbocycles. The predicted octanol–water partition coefficient (Wildman–Crippen LogP) is 2.24. The topological polar surface area (TPSA) is 35.6 Å². The summed E-state index contributed by atoms with van der Waals surface area (Å²) in [6.07, 6.45) is 0.973. The van der Waals surface area contributed by atoms with Gasteiger partial charge >= 0.3 is 0 Å². The van der Waals surface area contributed by atoms with E-state index in [1.807, 2.05) is 11.3 Å². The zero-order valence-corrected chi connectivity index (χ0v) is 15.4. The van der Waals surface area contributed by atoms with Crippen molar-refractivity contribution in [1.29, 1.82) is 0 Å². The number of amides is 1. The quantitative estimate of drug-likeness (QED) is 0.891. The van der Waals surface area contributed by atoms with Gasteiger partial charge in [-0.15, -0.1) is 36.2 Å². The summed E-state index contributed by atoms with van der Waals surface area (Å²) < 4.78 is 0. The molecule has 2 aliphatic heterocycles. The summed E-state index contributed by atoms with van der Waals surface area (Å²) in [5, 5.41) is 5.44. The van der Waals surface area contributed by atoms with Gasteiger partial charge in [0.25, 0.3) is 0 Å². The predicted molar refractivity (Wildman–Crippen MR) is 96.3 cm³/mol. The molecule has 7 heteroatoms. The average molecular weight is 366 g/mol. The van der Waals surface area contributed by atoms with Crippen molar-refractivity contribution in [3.8, 4) is 0 Å². The molecule has 4 nitrogen and oxygen atoms in total. The molecule has 1 aromatic rings. The Morgan fingerprint density at radius 2 is 2.05 bits per heavy atom. The lowest BCUT2D eigenvalue weighted by atomic mass is 9.88. The van der Waals surface area contributed by atoms with E-state index in [-0.39, 0.29) is 30.2 Å². The third kappa shape index (κ3) is 4.36. The van der Waals surface area contributed by atoms with Crippen molar-refractivity contribution < 1.29 is 4.79 Å². The molecule has 3 heterocycles. The summed E-state index contributed by atoms with van der Waals surface area (Å²) in [6.45, 7) is 8.67. The smallest absolute Gasteiger partial charge is 0.229 e. The molecule has 2 saturated heterocycles. The maximum atomic E-state index is 12.6. The Bertz CT molecular complexity index is 455. The molecule has 0 spiro atoms. The molecule has 1 unspecified atom stereocenters. The lowest BCUT2D eigenvalue weighted by Gasteiger charge is -2.38. The van der Waals surface area contributed by atoms with Gasteiger partial charge in [-0.05, 0) is 31.3 Å². The minimum atomic E-state index is -0.171. The van der Waals surface area contributed by atoms with Crippen molar-refractivity contribution in [2.24, 2.45) is 5.41 Å². The maximum Gasteiger partial charge on any atom is 0.229 e. The Hall–Kier alpha value is -0.330. The molecule has 1 atom stereocenters. The molecule has 3 rings (SSSR count). The van der Waals surface area contributed by atoms with Crippen molar-refractivity contribution in [3.63, 3.8) is 0 Å². The summed E-state index contributed by atoms with van der Waals surface area (Å²) in [6, 6.07) is 4.29. The van der Waals surface area contributed by atoms with Gasteiger partial charge in [-0.1, -0.05) is 6.07 Å². The van der Waals surface area contributed by atoms with Gasteiger partial charge in [0.15, 0.2) is 0 Å². The van der Waals surface area contributed by atoms with E-state index in [4.69, 9.17) is 0 Å². The van der Waals surface area contributed by atoms with Gasteiger partial charge < -0.3 is 10.2 Å². The van der Waals surface area contributed by atoms with Crippen LogP contribution >= 0.6 is 36.2 Å². The van der Waals surface area contributed by atoms with Crippen LogP contribution in [0.2, 0.25) is 0 Å². The van der Waals surface area contributed by atoms with Crippen LogP contribution in [0, 0.1) is 5.41 Å². The Morgan fingerprint density at radius 1 is 1.32 bits per heavy atom. The highest BCUT2D eigenvalue weighted by Crippen LogP contribution is 2.27. The number of hydrogen-bond donors (Lipinski definition) is 1. The van der Waals surface area contributed by atoms with E-state index >= 15 is 0 Å². The number of nitrogens with zero attached hydrogens (tertiary/aromatic N) is 2. The van der Waals surface area contributed by atoms with E-state index in [0.29, 0.717) is 5.91 Å². The summed E-state index contributed by atoms with van der Waals surface area (Å²) >= 11 is 1.81. The van der Waals surface area contributed by atoms with Gasteiger partial charge in [0, 0.05) is 44.1 Å². The van der Waals surface area contributed by atoms with Crippen LogP contribution in [0.25, 0.3) is 0 Å². The van der Waals surface area contributed by atoms with Crippen LogP contribution in [0.4, 0.5) is 0 Å². The van der Waals surface area contributed by atoms with Crippen LogP contribution in [-0.4, -0.2) is 55.0 Å². The monoisotopic (exact) mass is 365 g/mol. The highest BCUT2D eigenvalue weighted by Gasteiger charge is 2.39. The number of hydrogen-bond acceptors (Lipinski definition) is 4. The number of carbonyl (C=O) groups excluding carboxylic acids is 1. The largest absolute Gasteiger partial charge is 0.340 e. The molecule has 2 fully saturated rings. The molecule has 22 heavy (non-hydrogen) atoms. The zero-order valence-electron chi connectivity index (χ0n) is 12.9. The van der Waals surface area contributed by atoms with Crippen molar-refractivity contribution >= 4 is 42.1 Å². The van der Waals surface area contributed by atoms with Crippen LogP contribution < -0.4 is 5.32 Å². The molecule has 0 radical (unpaired) electrons. The molecule has 126 valence electrons. The highest BCUT2D eigenvalue weighted by atomic mass is 35.5. The van der Waals surface area contributed by atoms with Crippen LogP contribution in [0.1, 0.15) is 18.2 Å². The van der Waals surface area contributed by atoms with Crippen LogP contribution in [-0.2, 0) is 11.3 Å². The van der Waals surface area contributed by atoms with Crippen molar-refractivity contribution in [2.75, 3.05) is 39.3 Å². The summed E-state index contributed by atoms with van der Waals surface area (Å²) in [4.78, 5) is 18.5. The standard InChI is InChI=1S/C15H23N3OS.2ClH/c1-15(4-5-16-12-15)14(19)18-8-6-17(7-9-18)11-13-3-2-10-20-13;;/h2-3,10,16H,4-9,11-12H2,1H3;2*1H. The second-order valence-electron chi connectivity index (χ2n) is 6.14. The molecule has 0 bridgehead atoms. The van der Waals surface area contributed by atoms with Crippen molar-refractivity contribution in [1.82, 2.24) is 15.1 Å². The van der Waals surface area contributed by atoms with Gasteiger partial charge in [-0.3, -0.25) is 9.69 Å². The molecular weight excluding hydrogens is 341 g/mol. The van der Waals surface area contributed by atoms with Crippen molar-refractivity contribution in [2.45, 2.75) is 19.9 Å². The molecule has 2 aliphatic rings. The lowest BCUT2D eigenvalue weighted by Crippen LogP contribution is -2.52. The average Bonchev–Trinajstić information content (AvgIpc) is 3.11. The first-order valence-electron chi connectivity index (χ1n) is 7.42. The Morgan fingerprint density at radius 3 is 2.59 bits per heavy atom. The molecule has 0 aromatic carbocycles. The van der Waals surface area contributed by atoms with Gasteiger partial charge in [0.05, 0.1) is 5.41 Å². The third-order valence-corrected chi connectivity index (χ3v) is 5.37. The van der Waals surface area contributed by atoms with Gasteiger partial charge in [-0.2, -0.15) is 0 Å². The minimum Gasteiger partial charge on any atom is -0.340 e. The molecule has 0 saturated carbocycles. The first kappa shape index (κ1) is 19.7. The third-order valence-electron chi connectivity index (χ3n) is 4.50. The number of thiophene rings is 1. The summed E-state index contributed by atoms with van der Waals surface area (Å²) in [7, 11) is 0. The zero-order chi connectivity index (χ0) is 14.0. The first-order chi connectivity index (χ1) is 9.67. The van der Waals surface area contributed by atoms with Crippen LogP contribution in [0.15, 0.2) is 17.5 Å². The summed E-state index contributed by atoms with van der Waals surface area (Å²) in [5.41, 5.74) is -0.171. The van der Waals surface area contributed by atoms with E-state index < -0.39 is 0 Å². The van der Waals surface area contributed by atoms with Gasteiger partial charge in [0.1, 0.15) is 0 Å². The lowest BCUT2D eigenvalue weighted by molar-refractivity contribution is -0.142. The van der Waals surface area contributed by atoms with Crippen LogP contribution in [0.3, 0.4) is 0 Å². The second kappa shape index (κ2) is 8.50. The Balaban J connectivity index is 0.00000121. The van der Waals surface area contributed by atoms with E-state index in [1.54, 1.807) is 0 Å². The Labute approximate surface area is 149 Å².